The van der Waals surface area contributed by atoms with Crippen LogP contribution in [0.4, 0.5) is 5.82 Å². The van der Waals surface area contributed by atoms with Crippen molar-refractivity contribution in [3.63, 3.8) is 0 Å². The van der Waals surface area contributed by atoms with E-state index >= 15 is 0 Å². The second-order valence-electron chi connectivity index (χ2n) is 7.03. The molecule has 0 aliphatic carbocycles. The highest BCUT2D eigenvalue weighted by Crippen LogP contribution is 2.23. The van der Waals surface area contributed by atoms with Gasteiger partial charge in [-0.2, -0.15) is 5.10 Å². The van der Waals surface area contributed by atoms with E-state index in [2.05, 4.69) is 17.3 Å². The first-order chi connectivity index (χ1) is 13.6. The Bertz CT molecular complexity index is 782. The number of nitrogens with one attached hydrogen (secondary N) is 1. The Balaban J connectivity index is 1.57. The Morgan fingerprint density at radius 3 is 2.61 bits per heavy atom. The molecule has 1 fully saturated rings. The maximum atomic E-state index is 12.7. The average molecular weight is 384 g/mol. The van der Waals surface area contributed by atoms with Crippen molar-refractivity contribution >= 4 is 17.6 Å². The first-order valence-corrected chi connectivity index (χ1v) is 9.85. The van der Waals surface area contributed by atoms with Crippen molar-refractivity contribution in [3.05, 3.63) is 48.2 Å². The summed E-state index contributed by atoms with van der Waals surface area (Å²) in [6.07, 6.45) is 3.02. The fraction of sp³-hybridized carbons (Fsp3) is 0.476. The Hall–Kier alpha value is -2.67. The number of anilines is 1. The van der Waals surface area contributed by atoms with Crippen molar-refractivity contribution in [2.75, 3.05) is 31.6 Å². The molecule has 1 aliphatic rings. The molecule has 0 radical (unpaired) electrons. The molecule has 1 atom stereocenters. The van der Waals surface area contributed by atoms with Gasteiger partial charge in [-0.25, -0.2) is 4.68 Å². The molecule has 1 aromatic carbocycles. The molecular formula is C21H28N4O3. The van der Waals surface area contributed by atoms with Crippen molar-refractivity contribution in [1.29, 1.82) is 0 Å². The minimum atomic E-state index is -0.105. The Kier molecular flexibility index (Phi) is 6.81. The number of carbonyl (C=O) groups is 2. The molecule has 1 aliphatic heterocycles. The quantitative estimate of drug-likeness (QED) is 0.796. The lowest BCUT2D eigenvalue weighted by molar-refractivity contribution is -0.138. The molecule has 0 saturated carbocycles. The summed E-state index contributed by atoms with van der Waals surface area (Å²) in [7, 11) is 0. The van der Waals surface area contributed by atoms with Gasteiger partial charge in [0.2, 0.25) is 11.8 Å². The summed E-state index contributed by atoms with van der Waals surface area (Å²) in [5.41, 5.74) is 1.13. The van der Waals surface area contributed by atoms with Crippen molar-refractivity contribution in [1.82, 2.24) is 14.7 Å². The SMILES string of the molecule is CCOCC(=O)N1CCC(C(=O)Nc2ccnn2C(C)c2ccccc2)CC1. The van der Waals surface area contributed by atoms with Gasteiger partial charge in [-0.3, -0.25) is 9.59 Å². The highest BCUT2D eigenvalue weighted by atomic mass is 16.5. The monoisotopic (exact) mass is 384 g/mol. The lowest BCUT2D eigenvalue weighted by Crippen LogP contribution is -2.43. The second-order valence-corrected chi connectivity index (χ2v) is 7.03. The first-order valence-electron chi connectivity index (χ1n) is 9.85. The third kappa shape index (κ3) is 4.78. The van der Waals surface area contributed by atoms with E-state index in [0.717, 1.165) is 5.56 Å². The van der Waals surface area contributed by atoms with Crippen molar-refractivity contribution < 1.29 is 14.3 Å². The molecule has 1 saturated heterocycles. The van der Waals surface area contributed by atoms with Gasteiger partial charge in [-0.05, 0) is 32.3 Å². The smallest absolute Gasteiger partial charge is 0.248 e. The van der Waals surface area contributed by atoms with Crippen LogP contribution in [0.15, 0.2) is 42.6 Å². The molecule has 7 nitrogen and oxygen atoms in total. The molecule has 0 spiro atoms. The van der Waals surface area contributed by atoms with Crippen LogP contribution >= 0.6 is 0 Å². The van der Waals surface area contributed by atoms with E-state index in [9.17, 15) is 9.59 Å². The van der Waals surface area contributed by atoms with Crippen LogP contribution in [0.2, 0.25) is 0 Å². The van der Waals surface area contributed by atoms with Gasteiger partial charge >= 0.3 is 0 Å². The van der Waals surface area contributed by atoms with Gasteiger partial charge in [0.1, 0.15) is 12.4 Å². The lowest BCUT2D eigenvalue weighted by Gasteiger charge is -2.31. The summed E-state index contributed by atoms with van der Waals surface area (Å²) in [4.78, 5) is 26.6. The van der Waals surface area contributed by atoms with Crippen molar-refractivity contribution in [2.45, 2.75) is 32.7 Å². The predicted octanol–water partition coefficient (Wildman–Crippen LogP) is 2.71. The number of amides is 2. The van der Waals surface area contributed by atoms with Crippen molar-refractivity contribution in [3.8, 4) is 0 Å². The third-order valence-electron chi connectivity index (χ3n) is 5.22. The number of nitrogens with zero attached hydrogens (tertiary/aromatic N) is 3. The summed E-state index contributed by atoms with van der Waals surface area (Å²) >= 11 is 0. The highest BCUT2D eigenvalue weighted by molar-refractivity contribution is 5.92. The van der Waals surface area contributed by atoms with E-state index in [1.807, 2.05) is 48.0 Å². The van der Waals surface area contributed by atoms with Gasteiger partial charge in [0.25, 0.3) is 0 Å². The largest absolute Gasteiger partial charge is 0.372 e. The first kappa shape index (κ1) is 20.1. The van der Waals surface area contributed by atoms with Gasteiger partial charge in [-0.1, -0.05) is 30.3 Å². The van der Waals surface area contributed by atoms with Crippen LogP contribution in [0, 0.1) is 5.92 Å². The Morgan fingerprint density at radius 2 is 1.93 bits per heavy atom. The standard InChI is InChI=1S/C21H28N4O3/c1-3-28-15-20(26)24-13-10-18(11-14-24)21(27)23-19-9-12-22-25(19)16(2)17-7-5-4-6-8-17/h4-9,12,16,18H,3,10-11,13-15H2,1-2H3,(H,23,27). The molecule has 3 rings (SSSR count). The van der Waals surface area contributed by atoms with Crippen molar-refractivity contribution in [2.24, 2.45) is 5.92 Å². The summed E-state index contributed by atoms with van der Waals surface area (Å²) < 4.78 is 7.01. The molecule has 150 valence electrons. The zero-order chi connectivity index (χ0) is 19.9. The van der Waals surface area contributed by atoms with E-state index in [0.29, 0.717) is 38.4 Å². The third-order valence-corrected chi connectivity index (χ3v) is 5.22. The maximum absolute atomic E-state index is 12.7. The van der Waals surface area contributed by atoms with E-state index in [-0.39, 0.29) is 30.4 Å². The number of hydrogen-bond donors (Lipinski definition) is 1. The number of ether oxygens (including phenoxy) is 1. The molecule has 28 heavy (non-hydrogen) atoms. The van der Waals surface area contributed by atoms with E-state index in [1.165, 1.54) is 0 Å². The van der Waals surface area contributed by atoms with Gasteiger partial charge in [0.15, 0.2) is 0 Å². The summed E-state index contributed by atoms with van der Waals surface area (Å²) in [5.74, 6) is 0.567. The number of rotatable bonds is 7. The van der Waals surface area contributed by atoms with Gasteiger partial charge in [0.05, 0.1) is 12.2 Å². The van der Waals surface area contributed by atoms with Gasteiger partial charge in [-0.15, -0.1) is 0 Å². The Morgan fingerprint density at radius 1 is 1.21 bits per heavy atom. The molecule has 2 heterocycles. The van der Waals surface area contributed by atoms with Crippen LogP contribution in [-0.4, -0.2) is 52.8 Å². The summed E-state index contributed by atoms with van der Waals surface area (Å²) in [6.45, 7) is 5.74. The normalized spacial score (nSPS) is 16.0. The average Bonchev–Trinajstić information content (AvgIpc) is 3.20. The van der Waals surface area contributed by atoms with Crippen LogP contribution in [0.1, 0.15) is 38.3 Å². The summed E-state index contributed by atoms with van der Waals surface area (Å²) in [5, 5.41) is 7.41. The fourth-order valence-corrected chi connectivity index (χ4v) is 3.49. The molecule has 1 unspecified atom stereocenters. The zero-order valence-electron chi connectivity index (χ0n) is 16.5. The highest BCUT2D eigenvalue weighted by Gasteiger charge is 2.28. The van der Waals surface area contributed by atoms with Crippen LogP contribution in [0.5, 0.6) is 0 Å². The molecule has 2 amide bonds. The van der Waals surface area contributed by atoms with Crippen LogP contribution < -0.4 is 5.32 Å². The van der Waals surface area contributed by atoms with Gasteiger partial charge in [0, 0.05) is 31.7 Å². The molecule has 0 bridgehead atoms. The number of carbonyl (C=O) groups excluding carboxylic acids is 2. The van der Waals surface area contributed by atoms with E-state index in [4.69, 9.17) is 4.74 Å². The van der Waals surface area contributed by atoms with Gasteiger partial charge < -0.3 is 15.0 Å². The number of piperidine rings is 1. The molecule has 1 N–H and O–H groups in total. The molecule has 2 aromatic rings. The maximum Gasteiger partial charge on any atom is 0.248 e. The van der Waals surface area contributed by atoms with E-state index < -0.39 is 0 Å². The number of likely N-dealkylation sites (tertiary alicyclic amines) is 1. The van der Waals surface area contributed by atoms with Crippen LogP contribution in [-0.2, 0) is 14.3 Å². The predicted molar refractivity (Wildman–Crippen MR) is 107 cm³/mol. The fourth-order valence-electron chi connectivity index (χ4n) is 3.49. The lowest BCUT2D eigenvalue weighted by atomic mass is 9.96. The molecule has 7 heteroatoms. The second kappa shape index (κ2) is 9.50. The Labute approximate surface area is 165 Å². The van der Waals surface area contributed by atoms with E-state index in [1.54, 1.807) is 11.1 Å². The van der Waals surface area contributed by atoms with Crippen LogP contribution in [0.3, 0.4) is 0 Å². The topological polar surface area (TPSA) is 76.5 Å². The van der Waals surface area contributed by atoms with Crippen LogP contribution in [0.25, 0.3) is 0 Å². The summed E-state index contributed by atoms with van der Waals surface area (Å²) in [6, 6.07) is 11.9. The minimum absolute atomic E-state index is 0.00419. The number of hydrogen-bond acceptors (Lipinski definition) is 4. The molecule has 1 aromatic heterocycles. The minimum Gasteiger partial charge on any atom is -0.372 e. The molecular weight excluding hydrogens is 356 g/mol. The number of aromatic nitrogens is 2. The zero-order valence-corrected chi connectivity index (χ0v) is 16.5. The number of benzene rings is 1.